The van der Waals surface area contributed by atoms with Crippen molar-refractivity contribution in [1.29, 1.82) is 0 Å². The molecule has 2 rings (SSSR count). The van der Waals surface area contributed by atoms with Crippen LogP contribution >= 0.6 is 0 Å². The van der Waals surface area contributed by atoms with E-state index in [1.54, 1.807) is 12.1 Å². The van der Waals surface area contributed by atoms with Crippen molar-refractivity contribution in [3.8, 4) is 11.5 Å². The van der Waals surface area contributed by atoms with E-state index in [0.29, 0.717) is 24.0 Å². The molecular formula is C27H34O7. The largest absolute Gasteiger partial charge is 0.524 e. The predicted molar refractivity (Wildman–Crippen MR) is 128 cm³/mol. The number of carbonyl (C=O) groups excluding carboxylic acids is 3. The smallest absolute Gasteiger partial charge is 0.507 e. The molecule has 2 N–H and O–H groups in total. The first-order chi connectivity index (χ1) is 16.3. The number of aryl methyl sites for hydroxylation is 2. The van der Waals surface area contributed by atoms with Gasteiger partial charge in [0.15, 0.2) is 0 Å². The summed E-state index contributed by atoms with van der Waals surface area (Å²) in [7, 11) is 0. The Kier molecular flexibility index (Phi) is 10.1. The molecular weight excluding hydrogens is 436 g/mol. The molecule has 0 saturated heterocycles. The van der Waals surface area contributed by atoms with Gasteiger partial charge in [-0.25, -0.2) is 14.4 Å². The van der Waals surface area contributed by atoms with Crippen molar-refractivity contribution in [3.05, 3.63) is 57.6 Å². The molecule has 0 atom stereocenters. The van der Waals surface area contributed by atoms with E-state index in [4.69, 9.17) is 0 Å². The van der Waals surface area contributed by atoms with Gasteiger partial charge in [-0.15, -0.1) is 0 Å². The Bertz CT molecular complexity index is 958. The van der Waals surface area contributed by atoms with E-state index < -0.39 is 18.1 Å². The lowest BCUT2D eigenvalue weighted by molar-refractivity contribution is 0.0335. The lowest BCUT2D eigenvalue weighted by atomic mass is 9.95. The highest BCUT2D eigenvalue weighted by molar-refractivity contribution is 6.02. The molecule has 0 aromatic heterocycles. The Morgan fingerprint density at radius 2 is 0.971 bits per heavy atom. The van der Waals surface area contributed by atoms with E-state index in [-0.39, 0.29) is 22.6 Å². The lowest BCUT2D eigenvalue weighted by Crippen LogP contribution is -2.19. The summed E-state index contributed by atoms with van der Waals surface area (Å²) in [4.78, 5) is 37.1. The number of hydrogen-bond donors (Lipinski definition) is 2. The molecule has 0 unspecified atom stereocenters. The van der Waals surface area contributed by atoms with Gasteiger partial charge in [0.05, 0.1) is 0 Å². The summed E-state index contributed by atoms with van der Waals surface area (Å²) in [6, 6.07) is 6.25. The first-order valence-corrected chi connectivity index (χ1v) is 11.9. The van der Waals surface area contributed by atoms with Crippen molar-refractivity contribution in [2.45, 2.75) is 79.1 Å². The summed E-state index contributed by atoms with van der Waals surface area (Å²) in [5.41, 5.74) is 2.80. The van der Waals surface area contributed by atoms with Crippen LogP contribution < -0.4 is 0 Å². The maximum Gasteiger partial charge on any atom is 0.524 e. The van der Waals surface area contributed by atoms with Gasteiger partial charge in [0.25, 0.3) is 0 Å². The zero-order valence-electron chi connectivity index (χ0n) is 20.4. The highest BCUT2D eigenvalue weighted by atomic mass is 16.8. The first kappa shape index (κ1) is 26.9. The molecule has 0 aliphatic heterocycles. The Balaban J connectivity index is 2.18. The van der Waals surface area contributed by atoms with Crippen LogP contribution in [0, 0.1) is 0 Å². The quantitative estimate of drug-likeness (QED) is 0.322. The van der Waals surface area contributed by atoms with Crippen molar-refractivity contribution in [3.63, 3.8) is 0 Å². The molecule has 0 saturated carbocycles. The molecule has 0 aliphatic carbocycles. The number of esters is 2. The van der Waals surface area contributed by atoms with Gasteiger partial charge in [0.1, 0.15) is 22.6 Å². The summed E-state index contributed by atoms with van der Waals surface area (Å²) in [5.74, 6) is -2.70. The van der Waals surface area contributed by atoms with Gasteiger partial charge in [-0.2, -0.15) is 0 Å². The molecule has 0 radical (unpaired) electrons. The topological polar surface area (TPSA) is 110 Å². The molecule has 0 amide bonds. The Hall–Kier alpha value is -3.35. The van der Waals surface area contributed by atoms with Crippen molar-refractivity contribution < 1.29 is 34.1 Å². The molecule has 7 nitrogen and oxygen atoms in total. The fraction of sp³-hybridized carbons (Fsp3) is 0.444. The van der Waals surface area contributed by atoms with Crippen LogP contribution in [0.1, 0.15) is 96.3 Å². The monoisotopic (exact) mass is 470 g/mol. The van der Waals surface area contributed by atoms with Gasteiger partial charge in [-0.1, -0.05) is 65.5 Å². The first-order valence-electron chi connectivity index (χ1n) is 11.9. The second-order valence-electron chi connectivity index (χ2n) is 8.23. The third-order valence-electron chi connectivity index (χ3n) is 5.59. The van der Waals surface area contributed by atoms with Crippen LogP contribution in [-0.2, 0) is 35.2 Å². The molecule has 2 aromatic carbocycles. The Labute approximate surface area is 200 Å². The molecule has 0 bridgehead atoms. The van der Waals surface area contributed by atoms with Crippen LogP contribution in [0.2, 0.25) is 0 Å². The Morgan fingerprint density at radius 3 is 1.29 bits per heavy atom. The van der Waals surface area contributed by atoms with Crippen LogP contribution in [0.15, 0.2) is 24.3 Å². The van der Waals surface area contributed by atoms with Crippen LogP contribution in [-0.4, -0.2) is 28.3 Å². The van der Waals surface area contributed by atoms with E-state index in [9.17, 15) is 24.6 Å². The molecule has 0 spiro atoms. The van der Waals surface area contributed by atoms with Crippen molar-refractivity contribution in [2.75, 3.05) is 0 Å². The summed E-state index contributed by atoms with van der Waals surface area (Å²) in [6.45, 7) is 7.95. The summed E-state index contributed by atoms with van der Waals surface area (Å²) >= 11 is 0. The number of benzene rings is 2. The van der Waals surface area contributed by atoms with Crippen LogP contribution in [0.25, 0.3) is 0 Å². The van der Waals surface area contributed by atoms with E-state index >= 15 is 0 Å². The number of phenols is 2. The van der Waals surface area contributed by atoms with Gasteiger partial charge in [-0.05, 0) is 60.1 Å². The predicted octanol–water partition coefficient (Wildman–Crippen LogP) is 6.04. The second-order valence-corrected chi connectivity index (χ2v) is 8.23. The van der Waals surface area contributed by atoms with Gasteiger partial charge < -0.3 is 19.7 Å². The maximum absolute atomic E-state index is 12.5. The molecule has 0 fully saturated rings. The average molecular weight is 471 g/mol. The lowest BCUT2D eigenvalue weighted by Gasteiger charge is -2.14. The van der Waals surface area contributed by atoms with Crippen molar-refractivity contribution in [1.82, 2.24) is 0 Å². The highest BCUT2D eigenvalue weighted by Crippen LogP contribution is 2.31. The highest BCUT2D eigenvalue weighted by Gasteiger charge is 2.25. The fourth-order valence-corrected chi connectivity index (χ4v) is 4.03. The number of ether oxygens (including phenoxy) is 2. The van der Waals surface area contributed by atoms with Gasteiger partial charge in [0, 0.05) is 0 Å². The maximum atomic E-state index is 12.5. The second kappa shape index (κ2) is 12.8. The third-order valence-corrected chi connectivity index (χ3v) is 5.59. The zero-order valence-corrected chi connectivity index (χ0v) is 20.4. The van der Waals surface area contributed by atoms with Crippen LogP contribution in [0.4, 0.5) is 4.79 Å². The zero-order chi connectivity index (χ0) is 25.3. The standard InChI is InChI=1S/C27H34O7/c1-5-9-17-13-15-21(23(28)19(17)11-7-3)25(30)33-27(32)34-26(31)22-16-14-18(10-6-2)20(12-8-4)24(22)29/h13-16,28-29H,5-12H2,1-4H3. The minimum absolute atomic E-state index is 0.176. The molecule has 7 heteroatoms. The van der Waals surface area contributed by atoms with Gasteiger partial charge >= 0.3 is 18.1 Å². The molecule has 184 valence electrons. The summed E-state index contributed by atoms with van der Waals surface area (Å²) in [6.07, 6.45) is 4.38. The van der Waals surface area contributed by atoms with Crippen molar-refractivity contribution in [2.24, 2.45) is 0 Å². The minimum atomic E-state index is -1.53. The normalized spacial score (nSPS) is 10.7. The van der Waals surface area contributed by atoms with Gasteiger partial charge in [-0.3, -0.25) is 0 Å². The fourth-order valence-electron chi connectivity index (χ4n) is 4.03. The number of aromatic hydroxyl groups is 2. The van der Waals surface area contributed by atoms with E-state index in [0.717, 1.165) is 49.7 Å². The van der Waals surface area contributed by atoms with Crippen LogP contribution in [0.3, 0.4) is 0 Å². The minimum Gasteiger partial charge on any atom is -0.507 e. The van der Waals surface area contributed by atoms with Crippen LogP contribution in [0.5, 0.6) is 11.5 Å². The third kappa shape index (κ3) is 6.37. The number of carbonyl (C=O) groups is 3. The van der Waals surface area contributed by atoms with E-state index in [1.807, 2.05) is 27.7 Å². The summed E-state index contributed by atoms with van der Waals surface area (Å²) in [5, 5.41) is 21.2. The Morgan fingerprint density at radius 1 is 0.618 bits per heavy atom. The average Bonchev–Trinajstić information content (AvgIpc) is 2.78. The molecule has 0 aliphatic rings. The number of hydrogen-bond acceptors (Lipinski definition) is 7. The van der Waals surface area contributed by atoms with Crippen molar-refractivity contribution >= 4 is 18.1 Å². The number of phenolic OH excluding ortho intramolecular Hbond substituents is 2. The molecule has 2 aromatic rings. The van der Waals surface area contributed by atoms with E-state index in [2.05, 4.69) is 9.47 Å². The van der Waals surface area contributed by atoms with Gasteiger partial charge in [0.2, 0.25) is 0 Å². The molecule has 34 heavy (non-hydrogen) atoms. The molecule has 0 heterocycles. The summed E-state index contributed by atoms with van der Waals surface area (Å²) < 4.78 is 9.32. The number of rotatable bonds is 10. The SMILES string of the molecule is CCCc1ccc(C(=O)OC(=O)OC(=O)c2ccc(CCC)c(CCC)c2O)c(O)c1CCC. The van der Waals surface area contributed by atoms with E-state index in [1.165, 1.54) is 12.1 Å².